The zero-order valence-corrected chi connectivity index (χ0v) is 17.2. The molecule has 0 saturated heterocycles. The molecule has 6 nitrogen and oxygen atoms in total. The number of hydrogen-bond donors (Lipinski definition) is 1. The number of carbonyl (C=O) groups is 1. The van der Waals surface area contributed by atoms with Gasteiger partial charge < -0.3 is 14.8 Å². The van der Waals surface area contributed by atoms with Crippen molar-refractivity contribution >= 4 is 38.9 Å². The van der Waals surface area contributed by atoms with E-state index in [9.17, 15) is 4.79 Å². The van der Waals surface area contributed by atoms with Gasteiger partial charge in [0.1, 0.15) is 6.61 Å². The van der Waals surface area contributed by atoms with Gasteiger partial charge in [0.15, 0.2) is 0 Å². The van der Waals surface area contributed by atoms with E-state index in [1.807, 2.05) is 55.5 Å². The molecule has 0 saturated carbocycles. The van der Waals surface area contributed by atoms with E-state index in [1.165, 1.54) is 0 Å². The summed E-state index contributed by atoms with van der Waals surface area (Å²) in [5, 5.41) is 3.27. The van der Waals surface area contributed by atoms with Gasteiger partial charge in [0.05, 0.1) is 29.3 Å². The van der Waals surface area contributed by atoms with Crippen LogP contribution in [0.4, 0.5) is 5.95 Å². The van der Waals surface area contributed by atoms with Gasteiger partial charge in [0.2, 0.25) is 5.95 Å². The maximum absolute atomic E-state index is 13.0. The second kappa shape index (κ2) is 7.77. The minimum atomic E-state index is -0.365. The Hall–Kier alpha value is -2.64. The van der Waals surface area contributed by atoms with Gasteiger partial charge in [-0.05, 0) is 36.8 Å². The maximum atomic E-state index is 13.0. The Morgan fingerprint density at radius 2 is 2.04 bits per heavy atom. The SMILES string of the molecule is COCCOC(=O)C1=C(C)Nc2nc3ccccc3n2C1c1cccc(Br)c1. The number of methoxy groups -OCH3 is 1. The summed E-state index contributed by atoms with van der Waals surface area (Å²) in [6.45, 7) is 2.43. The van der Waals surface area contributed by atoms with Crippen molar-refractivity contribution in [2.24, 2.45) is 0 Å². The van der Waals surface area contributed by atoms with E-state index in [0.717, 1.165) is 26.8 Å². The average Bonchev–Trinajstić information content (AvgIpc) is 3.04. The van der Waals surface area contributed by atoms with E-state index in [0.29, 0.717) is 18.1 Å². The molecule has 1 aliphatic rings. The van der Waals surface area contributed by atoms with Crippen LogP contribution in [-0.4, -0.2) is 35.8 Å². The Morgan fingerprint density at radius 3 is 2.82 bits per heavy atom. The first-order chi connectivity index (χ1) is 13.6. The van der Waals surface area contributed by atoms with Gasteiger partial charge in [-0.1, -0.05) is 40.2 Å². The molecule has 0 radical (unpaired) electrons. The molecule has 1 aromatic heterocycles. The number of rotatable bonds is 5. The molecule has 4 rings (SSSR count). The lowest BCUT2D eigenvalue weighted by Gasteiger charge is -2.30. The number of esters is 1. The molecular weight excluding hydrogens is 422 g/mol. The summed E-state index contributed by atoms with van der Waals surface area (Å²) >= 11 is 3.54. The van der Waals surface area contributed by atoms with Crippen molar-refractivity contribution in [3.8, 4) is 0 Å². The second-order valence-electron chi connectivity index (χ2n) is 6.54. The highest BCUT2D eigenvalue weighted by atomic mass is 79.9. The molecule has 2 heterocycles. The van der Waals surface area contributed by atoms with Crippen molar-refractivity contribution < 1.29 is 14.3 Å². The predicted octanol–water partition coefficient (Wildman–Crippen LogP) is 4.28. The molecule has 0 aliphatic carbocycles. The number of carbonyl (C=O) groups excluding carboxylic acids is 1. The summed E-state index contributed by atoms with van der Waals surface area (Å²) < 4.78 is 13.5. The van der Waals surface area contributed by atoms with Crippen LogP contribution in [-0.2, 0) is 14.3 Å². The van der Waals surface area contributed by atoms with E-state index >= 15 is 0 Å². The third kappa shape index (κ3) is 3.31. The number of hydrogen-bond acceptors (Lipinski definition) is 5. The van der Waals surface area contributed by atoms with Crippen molar-refractivity contribution in [2.45, 2.75) is 13.0 Å². The molecule has 1 unspecified atom stereocenters. The van der Waals surface area contributed by atoms with Crippen molar-refractivity contribution in [3.05, 3.63) is 69.8 Å². The summed E-state index contributed by atoms with van der Waals surface area (Å²) in [6.07, 6.45) is 0. The van der Waals surface area contributed by atoms with E-state index in [-0.39, 0.29) is 18.6 Å². The molecule has 1 atom stereocenters. The van der Waals surface area contributed by atoms with Crippen LogP contribution in [0.1, 0.15) is 18.5 Å². The largest absolute Gasteiger partial charge is 0.460 e. The van der Waals surface area contributed by atoms with Gasteiger partial charge in [-0.2, -0.15) is 0 Å². The molecule has 1 aliphatic heterocycles. The standard InChI is InChI=1S/C21H20BrN3O3/c1-13-18(20(26)28-11-10-27-2)19(14-6-5-7-15(22)12-14)25-17-9-4-3-8-16(17)24-21(25)23-13/h3-9,12,19H,10-11H2,1-2H3,(H,23,24). The average molecular weight is 442 g/mol. The fraction of sp³-hybridized carbons (Fsp3) is 0.238. The topological polar surface area (TPSA) is 65.4 Å². The fourth-order valence-corrected chi connectivity index (χ4v) is 3.93. The molecule has 0 spiro atoms. The third-order valence-corrected chi connectivity index (χ3v) is 5.23. The Morgan fingerprint density at radius 1 is 1.21 bits per heavy atom. The van der Waals surface area contributed by atoms with Gasteiger partial charge in [-0.15, -0.1) is 0 Å². The molecule has 1 N–H and O–H groups in total. The predicted molar refractivity (Wildman–Crippen MR) is 111 cm³/mol. The van der Waals surface area contributed by atoms with Crippen LogP contribution in [0.25, 0.3) is 11.0 Å². The summed E-state index contributed by atoms with van der Waals surface area (Å²) in [4.78, 5) is 17.7. The second-order valence-corrected chi connectivity index (χ2v) is 7.46. The monoisotopic (exact) mass is 441 g/mol. The fourth-order valence-electron chi connectivity index (χ4n) is 3.52. The van der Waals surface area contributed by atoms with Crippen LogP contribution in [0, 0.1) is 0 Å². The highest BCUT2D eigenvalue weighted by molar-refractivity contribution is 9.10. The maximum Gasteiger partial charge on any atom is 0.338 e. The van der Waals surface area contributed by atoms with Gasteiger partial charge >= 0.3 is 5.97 Å². The Labute approximate surface area is 171 Å². The van der Waals surface area contributed by atoms with Gasteiger partial charge in [-0.25, -0.2) is 9.78 Å². The van der Waals surface area contributed by atoms with E-state index in [2.05, 4.69) is 25.8 Å². The highest BCUT2D eigenvalue weighted by Crippen LogP contribution is 2.40. The Balaban J connectivity index is 1.88. The lowest BCUT2D eigenvalue weighted by molar-refractivity contribution is -0.140. The first-order valence-corrected chi connectivity index (χ1v) is 9.75. The number of fused-ring (bicyclic) bond motifs is 3. The molecule has 7 heteroatoms. The normalized spacial score (nSPS) is 16.0. The van der Waals surface area contributed by atoms with Crippen LogP contribution in [0.5, 0.6) is 0 Å². The van der Waals surface area contributed by atoms with Crippen molar-refractivity contribution in [1.29, 1.82) is 0 Å². The quantitative estimate of drug-likeness (QED) is 0.472. The molecule has 2 aromatic carbocycles. The van der Waals surface area contributed by atoms with Gasteiger partial charge in [0.25, 0.3) is 0 Å². The lowest BCUT2D eigenvalue weighted by atomic mass is 9.95. The van der Waals surface area contributed by atoms with Crippen LogP contribution in [0.3, 0.4) is 0 Å². The molecule has 0 fully saturated rings. The number of anilines is 1. The summed E-state index contributed by atoms with van der Waals surface area (Å²) in [7, 11) is 1.58. The van der Waals surface area contributed by atoms with Crippen LogP contribution >= 0.6 is 15.9 Å². The van der Waals surface area contributed by atoms with E-state index < -0.39 is 0 Å². The molecule has 28 heavy (non-hydrogen) atoms. The van der Waals surface area contributed by atoms with Gasteiger partial charge in [0, 0.05) is 17.3 Å². The smallest absolute Gasteiger partial charge is 0.338 e. The van der Waals surface area contributed by atoms with Crippen LogP contribution < -0.4 is 5.32 Å². The minimum absolute atomic E-state index is 0.203. The Bertz CT molecular complexity index is 1070. The summed E-state index contributed by atoms with van der Waals surface area (Å²) in [5.41, 5.74) is 4.08. The van der Waals surface area contributed by atoms with E-state index in [1.54, 1.807) is 7.11 Å². The first-order valence-electron chi connectivity index (χ1n) is 8.96. The number of nitrogens with zero attached hydrogens (tertiary/aromatic N) is 2. The number of para-hydroxylation sites is 2. The van der Waals surface area contributed by atoms with Gasteiger partial charge in [-0.3, -0.25) is 4.57 Å². The van der Waals surface area contributed by atoms with Crippen molar-refractivity contribution in [2.75, 3.05) is 25.6 Å². The number of aromatic nitrogens is 2. The molecular formula is C21H20BrN3O3. The third-order valence-electron chi connectivity index (χ3n) is 4.74. The highest BCUT2D eigenvalue weighted by Gasteiger charge is 2.35. The molecule has 0 bridgehead atoms. The zero-order valence-electron chi connectivity index (χ0n) is 15.6. The number of halogens is 1. The minimum Gasteiger partial charge on any atom is -0.460 e. The van der Waals surface area contributed by atoms with Crippen molar-refractivity contribution in [1.82, 2.24) is 9.55 Å². The molecule has 0 amide bonds. The van der Waals surface area contributed by atoms with Crippen molar-refractivity contribution in [3.63, 3.8) is 0 Å². The van der Waals surface area contributed by atoms with E-state index in [4.69, 9.17) is 14.5 Å². The molecule has 144 valence electrons. The number of allylic oxidation sites excluding steroid dienone is 1. The zero-order chi connectivity index (χ0) is 19.7. The molecule has 3 aromatic rings. The number of ether oxygens (including phenoxy) is 2. The van der Waals surface area contributed by atoms with Crippen LogP contribution in [0.15, 0.2) is 64.3 Å². The first kappa shape index (κ1) is 18.7. The lowest BCUT2D eigenvalue weighted by Crippen LogP contribution is -2.29. The number of imidazole rings is 1. The number of benzene rings is 2. The summed E-state index contributed by atoms with van der Waals surface area (Å²) in [6, 6.07) is 15.5. The van der Waals surface area contributed by atoms with Crippen LogP contribution in [0.2, 0.25) is 0 Å². The Kier molecular flexibility index (Phi) is 5.19. The summed E-state index contributed by atoms with van der Waals surface area (Å²) in [5.74, 6) is 0.340. The number of nitrogens with one attached hydrogen (secondary N) is 1.